The van der Waals surface area contributed by atoms with E-state index in [1.54, 1.807) is 24.5 Å². The van der Waals surface area contributed by atoms with Crippen LogP contribution in [0.3, 0.4) is 0 Å². The minimum Gasteiger partial charge on any atom is -0.490 e. The maximum Gasteiger partial charge on any atom is 0.340 e. The van der Waals surface area contributed by atoms with Gasteiger partial charge in [-0.2, -0.15) is 0 Å². The number of carboxylic acid groups (broad SMARTS) is 1. The third-order valence-corrected chi connectivity index (χ3v) is 2.55. The molecule has 5 heteroatoms. The van der Waals surface area contributed by atoms with Gasteiger partial charge >= 0.3 is 5.97 Å². The summed E-state index contributed by atoms with van der Waals surface area (Å²) in [6.45, 7) is -0.0410. The van der Waals surface area contributed by atoms with E-state index in [9.17, 15) is 4.79 Å². The minimum atomic E-state index is -1.02. The maximum atomic E-state index is 11.0. The summed E-state index contributed by atoms with van der Waals surface area (Å²) in [5, 5.41) is 17.6. The number of thioether (sulfide) groups is 1. The largest absolute Gasteiger partial charge is 0.490 e. The Morgan fingerprint density at radius 2 is 2.27 bits per heavy atom. The lowest BCUT2D eigenvalue weighted by Gasteiger charge is -2.10. The fourth-order valence-corrected chi connectivity index (χ4v) is 1.77. The Morgan fingerprint density at radius 1 is 1.53 bits per heavy atom. The Labute approximate surface area is 91.9 Å². The van der Waals surface area contributed by atoms with Crippen LogP contribution >= 0.6 is 11.8 Å². The summed E-state index contributed by atoms with van der Waals surface area (Å²) in [5.74, 6) is -0.726. The molecule has 0 saturated heterocycles. The first-order chi connectivity index (χ1) is 7.20. The molecule has 0 amide bonds. The van der Waals surface area contributed by atoms with Crippen LogP contribution in [0.1, 0.15) is 10.4 Å². The topological polar surface area (TPSA) is 66.8 Å². The van der Waals surface area contributed by atoms with Crippen molar-refractivity contribution in [2.24, 2.45) is 0 Å². The van der Waals surface area contributed by atoms with Crippen LogP contribution in [-0.4, -0.2) is 35.7 Å². The number of aromatic carboxylic acids is 1. The van der Waals surface area contributed by atoms with Crippen LogP contribution in [0.15, 0.2) is 23.1 Å². The maximum absolute atomic E-state index is 11.0. The summed E-state index contributed by atoms with van der Waals surface area (Å²) < 4.78 is 5.15. The van der Waals surface area contributed by atoms with Gasteiger partial charge in [0.2, 0.25) is 0 Å². The predicted octanol–water partition coefficient (Wildman–Crippen LogP) is 1.48. The molecule has 2 N–H and O–H groups in total. The van der Waals surface area contributed by atoms with Crippen molar-refractivity contribution in [2.75, 3.05) is 19.5 Å². The quantitative estimate of drug-likeness (QED) is 0.747. The monoisotopic (exact) mass is 228 g/mol. The highest BCUT2D eigenvalue weighted by Crippen LogP contribution is 2.28. The van der Waals surface area contributed by atoms with Crippen molar-refractivity contribution in [1.29, 1.82) is 0 Å². The fraction of sp³-hybridized carbons (Fsp3) is 0.300. The van der Waals surface area contributed by atoms with Gasteiger partial charge in [-0.25, -0.2) is 4.79 Å². The Morgan fingerprint density at radius 3 is 2.80 bits per heavy atom. The standard InChI is InChI=1S/C10H12O4S/c1-15-8-4-2-3-7(14-6-5-11)9(8)10(12)13/h2-4,11H,5-6H2,1H3,(H,12,13). The van der Waals surface area contributed by atoms with Gasteiger partial charge in [0.05, 0.1) is 6.61 Å². The van der Waals surface area contributed by atoms with Crippen molar-refractivity contribution in [1.82, 2.24) is 0 Å². The van der Waals surface area contributed by atoms with E-state index in [0.717, 1.165) is 0 Å². The number of carbonyl (C=O) groups is 1. The molecule has 0 aromatic heterocycles. The summed E-state index contributed by atoms with van der Waals surface area (Å²) in [7, 11) is 0. The lowest BCUT2D eigenvalue weighted by molar-refractivity contribution is 0.0686. The van der Waals surface area contributed by atoms with Gasteiger partial charge < -0.3 is 14.9 Å². The molecule has 82 valence electrons. The third kappa shape index (κ3) is 2.87. The van der Waals surface area contributed by atoms with Crippen molar-refractivity contribution in [3.63, 3.8) is 0 Å². The van der Waals surface area contributed by atoms with Crippen molar-refractivity contribution in [3.05, 3.63) is 23.8 Å². The molecule has 0 aliphatic rings. The van der Waals surface area contributed by atoms with Crippen LogP contribution in [0.25, 0.3) is 0 Å². The molecule has 15 heavy (non-hydrogen) atoms. The first-order valence-electron chi connectivity index (χ1n) is 4.34. The smallest absolute Gasteiger partial charge is 0.340 e. The Balaban J connectivity index is 3.07. The van der Waals surface area contributed by atoms with E-state index in [4.69, 9.17) is 14.9 Å². The zero-order chi connectivity index (χ0) is 11.3. The second-order valence-electron chi connectivity index (χ2n) is 2.71. The number of hydrogen-bond acceptors (Lipinski definition) is 4. The molecular formula is C10H12O4S. The van der Waals surface area contributed by atoms with E-state index in [-0.39, 0.29) is 18.8 Å². The third-order valence-electron chi connectivity index (χ3n) is 1.77. The zero-order valence-electron chi connectivity index (χ0n) is 8.27. The average molecular weight is 228 g/mol. The Bertz CT molecular complexity index is 351. The van der Waals surface area contributed by atoms with E-state index in [1.165, 1.54) is 11.8 Å². The van der Waals surface area contributed by atoms with E-state index in [1.807, 2.05) is 0 Å². The van der Waals surface area contributed by atoms with E-state index in [0.29, 0.717) is 10.6 Å². The highest BCUT2D eigenvalue weighted by atomic mass is 32.2. The van der Waals surface area contributed by atoms with Crippen LogP contribution in [0.5, 0.6) is 5.75 Å². The average Bonchev–Trinajstić information content (AvgIpc) is 2.25. The lowest BCUT2D eigenvalue weighted by Crippen LogP contribution is -2.07. The Kier molecular flexibility index (Phi) is 4.45. The highest BCUT2D eigenvalue weighted by Gasteiger charge is 2.15. The normalized spacial score (nSPS) is 10.0. The van der Waals surface area contributed by atoms with Gasteiger partial charge in [0.25, 0.3) is 0 Å². The molecule has 0 unspecified atom stereocenters. The van der Waals surface area contributed by atoms with E-state index in [2.05, 4.69) is 0 Å². The molecular weight excluding hydrogens is 216 g/mol. The van der Waals surface area contributed by atoms with Gasteiger partial charge in [-0.15, -0.1) is 11.8 Å². The van der Waals surface area contributed by atoms with Crippen molar-refractivity contribution < 1.29 is 19.7 Å². The van der Waals surface area contributed by atoms with Crippen molar-refractivity contribution >= 4 is 17.7 Å². The summed E-state index contributed by atoms with van der Waals surface area (Å²) >= 11 is 1.35. The van der Waals surface area contributed by atoms with Crippen LogP contribution in [0.2, 0.25) is 0 Å². The number of carboxylic acids is 1. The molecule has 4 nitrogen and oxygen atoms in total. The summed E-state index contributed by atoms with van der Waals surface area (Å²) in [6.07, 6.45) is 1.80. The van der Waals surface area contributed by atoms with Gasteiger partial charge in [0.15, 0.2) is 0 Å². The first-order valence-corrected chi connectivity index (χ1v) is 5.57. The Hall–Kier alpha value is -1.20. The molecule has 0 aliphatic carbocycles. The van der Waals surface area contributed by atoms with Crippen molar-refractivity contribution in [2.45, 2.75) is 4.90 Å². The zero-order valence-corrected chi connectivity index (χ0v) is 9.08. The van der Waals surface area contributed by atoms with Gasteiger partial charge in [-0.3, -0.25) is 0 Å². The molecule has 1 aromatic rings. The molecule has 1 rings (SSSR count). The minimum absolute atomic E-state index is 0.0954. The summed E-state index contributed by atoms with van der Waals surface area (Å²) in [4.78, 5) is 11.7. The molecule has 0 saturated carbocycles. The molecule has 0 fully saturated rings. The molecule has 0 spiro atoms. The molecule has 0 atom stereocenters. The number of aliphatic hydroxyl groups excluding tert-OH is 1. The number of ether oxygens (including phenoxy) is 1. The number of hydrogen-bond donors (Lipinski definition) is 2. The number of benzene rings is 1. The number of aliphatic hydroxyl groups is 1. The molecule has 1 aromatic carbocycles. The van der Waals surface area contributed by atoms with Gasteiger partial charge in [0.1, 0.15) is 17.9 Å². The first kappa shape index (κ1) is 11.9. The van der Waals surface area contributed by atoms with Crippen LogP contribution in [-0.2, 0) is 0 Å². The van der Waals surface area contributed by atoms with Gasteiger partial charge in [-0.05, 0) is 18.4 Å². The van der Waals surface area contributed by atoms with Crippen molar-refractivity contribution in [3.8, 4) is 5.75 Å². The van der Waals surface area contributed by atoms with E-state index >= 15 is 0 Å². The van der Waals surface area contributed by atoms with Gasteiger partial charge in [-0.1, -0.05) is 6.07 Å². The second kappa shape index (κ2) is 5.63. The summed E-state index contributed by atoms with van der Waals surface area (Å²) in [6, 6.07) is 5.03. The second-order valence-corrected chi connectivity index (χ2v) is 3.56. The van der Waals surface area contributed by atoms with Crippen LogP contribution < -0.4 is 4.74 Å². The van der Waals surface area contributed by atoms with Crippen LogP contribution in [0, 0.1) is 0 Å². The predicted molar refractivity (Wildman–Crippen MR) is 57.8 cm³/mol. The molecule has 0 bridgehead atoms. The molecule has 0 radical (unpaired) electrons. The highest BCUT2D eigenvalue weighted by molar-refractivity contribution is 7.98. The van der Waals surface area contributed by atoms with E-state index < -0.39 is 5.97 Å². The van der Waals surface area contributed by atoms with Crippen LogP contribution in [0.4, 0.5) is 0 Å². The fourth-order valence-electron chi connectivity index (χ4n) is 1.17. The number of rotatable bonds is 5. The summed E-state index contributed by atoms with van der Waals surface area (Å²) in [5.41, 5.74) is 0.151. The molecule has 0 aliphatic heterocycles. The lowest BCUT2D eigenvalue weighted by atomic mass is 10.2. The SMILES string of the molecule is CSc1cccc(OCCO)c1C(=O)O. The van der Waals surface area contributed by atoms with Gasteiger partial charge in [0, 0.05) is 4.90 Å². The molecule has 0 heterocycles.